The van der Waals surface area contributed by atoms with Crippen molar-refractivity contribution in [1.82, 2.24) is 4.98 Å². The van der Waals surface area contributed by atoms with E-state index in [0.717, 1.165) is 11.1 Å². The molecule has 7 heteroatoms. The Kier molecular flexibility index (Phi) is 7.43. The van der Waals surface area contributed by atoms with Gasteiger partial charge in [0.2, 0.25) is 0 Å². The van der Waals surface area contributed by atoms with Crippen molar-refractivity contribution < 1.29 is 49.4 Å². The molecular weight excluding hydrogens is 415 g/mol. The summed E-state index contributed by atoms with van der Waals surface area (Å²) < 4.78 is 0. The van der Waals surface area contributed by atoms with Crippen molar-refractivity contribution in [3.05, 3.63) is 102 Å². The molecule has 152 valence electrons. The van der Waals surface area contributed by atoms with Crippen molar-refractivity contribution in [2.24, 2.45) is 0 Å². The third kappa shape index (κ3) is 4.89. The van der Waals surface area contributed by atoms with Crippen LogP contribution in [0, 0.1) is 0 Å². The van der Waals surface area contributed by atoms with Crippen molar-refractivity contribution in [2.75, 3.05) is 5.32 Å². The fourth-order valence-electron chi connectivity index (χ4n) is 3.32. The first-order valence-electron chi connectivity index (χ1n) is 9.49. The molecule has 2 N–H and O–H groups in total. The molecule has 0 unspecified atom stereocenters. The van der Waals surface area contributed by atoms with Crippen LogP contribution in [0.3, 0.4) is 0 Å². The van der Waals surface area contributed by atoms with Crippen molar-refractivity contribution in [2.45, 2.75) is 0 Å². The Morgan fingerprint density at radius 2 is 1.50 bits per heavy atom. The van der Waals surface area contributed by atoms with Crippen LogP contribution in [0.1, 0.15) is 20.7 Å². The number of phenolic OH excluding ortho intramolecular Hbond substituents is 1. The molecule has 0 aliphatic rings. The summed E-state index contributed by atoms with van der Waals surface area (Å²) in [5, 5.41) is 24.9. The van der Waals surface area contributed by atoms with Gasteiger partial charge in [-0.15, -0.1) is 0 Å². The topological polar surface area (TPSA) is 102 Å². The van der Waals surface area contributed by atoms with Gasteiger partial charge in [-0.3, -0.25) is 9.78 Å². The second-order valence-electron chi connectivity index (χ2n) is 6.81. The van der Waals surface area contributed by atoms with E-state index in [1.807, 2.05) is 30.3 Å². The minimum Gasteiger partial charge on any atom is -0.545 e. The van der Waals surface area contributed by atoms with Crippen molar-refractivity contribution in [1.29, 1.82) is 0 Å². The summed E-state index contributed by atoms with van der Waals surface area (Å²) in [6.07, 6.45) is 3.17. The molecule has 0 fully saturated rings. The molecule has 0 bridgehead atoms. The van der Waals surface area contributed by atoms with Gasteiger partial charge in [-0.05, 0) is 41.0 Å². The first-order chi connectivity index (χ1) is 15.0. The third-order valence-corrected chi connectivity index (χ3v) is 4.87. The summed E-state index contributed by atoms with van der Waals surface area (Å²) in [7, 11) is 0. The number of carbonyl (C=O) groups is 2. The molecule has 1 aromatic heterocycles. The van der Waals surface area contributed by atoms with Gasteiger partial charge >= 0.3 is 29.6 Å². The molecule has 0 aliphatic heterocycles. The van der Waals surface area contributed by atoms with Crippen LogP contribution in [-0.2, 0) is 0 Å². The number of phenols is 1. The minimum absolute atomic E-state index is 0. The van der Waals surface area contributed by atoms with Gasteiger partial charge in [0.1, 0.15) is 5.75 Å². The maximum atomic E-state index is 12.9. The predicted octanol–water partition coefficient (Wildman–Crippen LogP) is 0.741. The van der Waals surface area contributed by atoms with Crippen molar-refractivity contribution in [3.8, 4) is 28.0 Å². The second-order valence-corrected chi connectivity index (χ2v) is 6.81. The normalized spacial score (nSPS) is 10.1. The zero-order valence-corrected chi connectivity index (χ0v) is 19.3. The van der Waals surface area contributed by atoms with Crippen molar-refractivity contribution in [3.63, 3.8) is 0 Å². The van der Waals surface area contributed by atoms with Crippen LogP contribution in [0.25, 0.3) is 22.3 Å². The largest absolute Gasteiger partial charge is 1.00 e. The number of aromatic nitrogens is 1. The van der Waals surface area contributed by atoms with Crippen LogP contribution in [0.2, 0.25) is 0 Å². The maximum Gasteiger partial charge on any atom is 1.00 e. The van der Waals surface area contributed by atoms with Gasteiger partial charge in [-0.2, -0.15) is 0 Å². The van der Waals surface area contributed by atoms with E-state index in [1.54, 1.807) is 48.8 Å². The number of aromatic carboxylic acids is 1. The number of para-hydroxylation sites is 1. The van der Waals surface area contributed by atoms with E-state index in [-0.39, 0.29) is 52.1 Å². The van der Waals surface area contributed by atoms with Crippen LogP contribution in [0.5, 0.6) is 5.75 Å². The van der Waals surface area contributed by atoms with Crippen LogP contribution >= 0.6 is 0 Å². The monoisotopic (exact) mass is 432 g/mol. The van der Waals surface area contributed by atoms with Gasteiger partial charge in [0.25, 0.3) is 5.91 Å². The number of hydrogen-bond donors (Lipinski definition) is 2. The number of nitrogens with zero attached hydrogens (tertiary/aromatic N) is 1. The Morgan fingerprint density at radius 1 is 0.781 bits per heavy atom. The van der Waals surface area contributed by atoms with Crippen molar-refractivity contribution >= 4 is 17.6 Å². The fraction of sp³-hybridized carbons (Fsp3) is 0. The van der Waals surface area contributed by atoms with Crippen LogP contribution in [0.15, 0.2) is 91.3 Å². The van der Waals surface area contributed by atoms with E-state index in [0.29, 0.717) is 11.1 Å². The molecule has 0 radical (unpaired) electrons. The number of rotatable bonds is 5. The molecule has 1 heterocycles. The van der Waals surface area contributed by atoms with E-state index < -0.39 is 11.9 Å². The Labute approximate surface area is 206 Å². The summed E-state index contributed by atoms with van der Waals surface area (Å²) in [5.74, 6) is -2.26. The van der Waals surface area contributed by atoms with Gasteiger partial charge in [0, 0.05) is 23.5 Å². The van der Waals surface area contributed by atoms with E-state index in [2.05, 4.69) is 10.3 Å². The number of carbonyl (C=O) groups excluding carboxylic acids is 2. The second kappa shape index (κ2) is 10.2. The molecule has 0 atom stereocenters. The standard InChI is InChI=1S/C25H18N2O4.Na/c28-23-19(17-11-13-26-14-12-17)7-4-8-21(23)24(29)27-22-15-18(9-10-20(22)25(30)31)16-5-2-1-3-6-16;/h1-15,28H,(H,27,29)(H,30,31);/q;+1/p-1. The molecule has 1 amide bonds. The summed E-state index contributed by atoms with van der Waals surface area (Å²) in [5.41, 5.74) is 2.71. The van der Waals surface area contributed by atoms with Gasteiger partial charge in [-0.1, -0.05) is 54.6 Å². The zero-order chi connectivity index (χ0) is 21.8. The first-order valence-corrected chi connectivity index (χ1v) is 9.49. The molecule has 0 aliphatic carbocycles. The number of carboxylic acids is 1. The van der Waals surface area contributed by atoms with E-state index in [4.69, 9.17) is 0 Å². The molecule has 0 saturated heterocycles. The summed E-state index contributed by atoms with van der Waals surface area (Å²) in [6, 6.07) is 22.2. The molecule has 4 aromatic rings. The molecular formula is C25H17N2NaO4. The average molecular weight is 432 g/mol. The molecule has 3 aromatic carbocycles. The number of nitrogens with one attached hydrogen (secondary N) is 1. The predicted molar refractivity (Wildman–Crippen MR) is 115 cm³/mol. The smallest absolute Gasteiger partial charge is 0.545 e. The number of benzene rings is 3. The zero-order valence-electron chi connectivity index (χ0n) is 17.3. The number of carboxylic acid groups (broad SMARTS) is 1. The molecule has 32 heavy (non-hydrogen) atoms. The van der Waals surface area contributed by atoms with E-state index >= 15 is 0 Å². The number of pyridine rings is 1. The summed E-state index contributed by atoms with van der Waals surface area (Å²) in [4.78, 5) is 28.5. The number of anilines is 1. The van der Waals surface area contributed by atoms with E-state index in [9.17, 15) is 19.8 Å². The Morgan fingerprint density at radius 3 is 2.19 bits per heavy atom. The maximum absolute atomic E-state index is 12.9. The average Bonchev–Trinajstić information content (AvgIpc) is 2.80. The van der Waals surface area contributed by atoms with Gasteiger partial charge in [0.05, 0.1) is 17.2 Å². The Hall–Kier alpha value is -3.45. The Bertz CT molecular complexity index is 1260. The first kappa shape index (κ1) is 23.2. The molecule has 0 saturated carbocycles. The molecule has 6 nitrogen and oxygen atoms in total. The van der Waals surface area contributed by atoms with Gasteiger partial charge < -0.3 is 20.3 Å². The number of amides is 1. The van der Waals surface area contributed by atoms with Crippen LogP contribution < -0.4 is 40.0 Å². The fourth-order valence-corrected chi connectivity index (χ4v) is 3.32. The van der Waals surface area contributed by atoms with Crippen LogP contribution in [0.4, 0.5) is 5.69 Å². The van der Waals surface area contributed by atoms with Crippen LogP contribution in [-0.4, -0.2) is 22.0 Å². The molecule has 4 rings (SSSR count). The number of aromatic hydroxyl groups is 1. The Balaban J connectivity index is 0.00000289. The number of hydrogen-bond acceptors (Lipinski definition) is 5. The van der Waals surface area contributed by atoms with E-state index in [1.165, 1.54) is 12.1 Å². The summed E-state index contributed by atoms with van der Waals surface area (Å²) >= 11 is 0. The minimum atomic E-state index is -1.41. The third-order valence-electron chi connectivity index (χ3n) is 4.87. The van der Waals surface area contributed by atoms with Gasteiger partial charge in [0.15, 0.2) is 0 Å². The quantitative estimate of drug-likeness (QED) is 0.453. The molecule has 0 spiro atoms. The summed E-state index contributed by atoms with van der Waals surface area (Å²) in [6.45, 7) is 0. The SMILES string of the molecule is O=C([O-])c1ccc(-c2ccccc2)cc1NC(=O)c1cccc(-c2ccncc2)c1O.[Na+]. The van der Waals surface area contributed by atoms with Gasteiger partial charge in [-0.25, -0.2) is 0 Å².